The van der Waals surface area contributed by atoms with Gasteiger partial charge in [-0.1, -0.05) is 0 Å². The molecule has 0 bridgehead atoms. The third-order valence-electron chi connectivity index (χ3n) is 3.62. The average molecular weight is 380 g/mol. The van der Waals surface area contributed by atoms with Gasteiger partial charge in [-0.15, -0.1) is 11.8 Å². The number of oxazole rings is 1. The smallest absolute Gasteiger partial charge is 0.230 e. The molecule has 142 valence electrons. The van der Waals surface area contributed by atoms with Crippen molar-refractivity contribution in [2.75, 3.05) is 40.2 Å². The van der Waals surface area contributed by atoms with Gasteiger partial charge in [0.25, 0.3) is 0 Å². The molecule has 8 heteroatoms. The summed E-state index contributed by atoms with van der Waals surface area (Å²) in [7, 11) is 4.78. The number of rotatable bonds is 10. The molecule has 1 heterocycles. The summed E-state index contributed by atoms with van der Waals surface area (Å²) in [5.74, 6) is 3.46. The van der Waals surface area contributed by atoms with E-state index in [1.54, 1.807) is 21.3 Å². The molecule has 0 aliphatic rings. The van der Waals surface area contributed by atoms with Crippen LogP contribution in [0.25, 0.3) is 11.5 Å². The van der Waals surface area contributed by atoms with Crippen molar-refractivity contribution in [3.8, 4) is 23.0 Å². The zero-order valence-electron chi connectivity index (χ0n) is 15.5. The van der Waals surface area contributed by atoms with E-state index >= 15 is 0 Å². The Kier molecular flexibility index (Phi) is 7.80. The van der Waals surface area contributed by atoms with Gasteiger partial charge >= 0.3 is 0 Å². The van der Waals surface area contributed by atoms with Crippen molar-refractivity contribution < 1.29 is 23.4 Å². The molecule has 0 fully saturated rings. The van der Waals surface area contributed by atoms with Crippen molar-refractivity contribution in [2.24, 2.45) is 0 Å². The van der Waals surface area contributed by atoms with E-state index in [1.165, 1.54) is 11.8 Å². The lowest BCUT2D eigenvalue weighted by Gasteiger charge is -2.07. The molecule has 0 atom stereocenters. The Morgan fingerprint density at radius 1 is 1.23 bits per heavy atom. The Morgan fingerprint density at radius 2 is 2.00 bits per heavy atom. The van der Waals surface area contributed by atoms with E-state index in [0.717, 1.165) is 17.0 Å². The fourth-order valence-electron chi connectivity index (χ4n) is 2.24. The van der Waals surface area contributed by atoms with Crippen LogP contribution in [0.3, 0.4) is 0 Å². The minimum atomic E-state index is -0.0201. The number of nitrogens with zero attached hydrogens (tertiary/aromatic N) is 1. The van der Waals surface area contributed by atoms with Crippen LogP contribution in [0.5, 0.6) is 11.5 Å². The Hall–Kier alpha value is -2.19. The standard InChI is InChI=1S/C18H24N2O5S/c1-12-14(10-26-11-17(21)19-7-8-22-2)20-18(25-12)13-5-6-15(23-3)16(9-13)24-4/h5-6,9H,7-8,10-11H2,1-4H3,(H,19,21). The van der Waals surface area contributed by atoms with Gasteiger partial charge in [0.15, 0.2) is 11.5 Å². The molecule has 7 nitrogen and oxygen atoms in total. The lowest BCUT2D eigenvalue weighted by atomic mass is 10.2. The van der Waals surface area contributed by atoms with Gasteiger partial charge in [-0.3, -0.25) is 4.79 Å². The zero-order chi connectivity index (χ0) is 18.9. The maximum Gasteiger partial charge on any atom is 0.230 e. The maximum atomic E-state index is 11.7. The molecule has 1 N–H and O–H groups in total. The van der Waals surface area contributed by atoms with Crippen LogP contribution in [0.2, 0.25) is 0 Å². The van der Waals surface area contributed by atoms with Gasteiger partial charge < -0.3 is 23.9 Å². The molecule has 2 aromatic rings. The molecule has 0 radical (unpaired) electrons. The number of hydrogen-bond acceptors (Lipinski definition) is 7. The second-order valence-electron chi connectivity index (χ2n) is 5.43. The Morgan fingerprint density at radius 3 is 2.69 bits per heavy atom. The molecule has 0 saturated heterocycles. The zero-order valence-corrected chi connectivity index (χ0v) is 16.3. The number of hydrogen-bond donors (Lipinski definition) is 1. The Balaban J connectivity index is 1.97. The van der Waals surface area contributed by atoms with Crippen LogP contribution in [-0.4, -0.2) is 51.1 Å². The van der Waals surface area contributed by atoms with Gasteiger partial charge in [0, 0.05) is 25.0 Å². The highest BCUT2D eigenvalue weighted by atomic mass is 32.2. The van der Waals surface area contributed by atoms with E-state index in [9.17, 15) is 4.79 Å². The van der Waals surface area contributed by atoms with Gasteiger partial charge in [-0.25, -0.2) is 4.98 Å². The Bertz CT molecular complexity index is 732. The second-order valence-corrected chi connectivity index (χ2v) is 6.41. The summed E-state index contributed by atoms with van der Waals surface area (Å²) in [4.78, 5) is 16.2. The number of amides is 1. The van der Waals surface area contributed by atoms with Crippen molar-refractivity contribution in [3.05, 3.63) is 29.7 Å². The van der Waals surface area contributed by atoms with Crippen molar-refractivity contribution in [1.82, 2.24) is 10.3 Å². The monoisotopic (exact) mass is 380 g/mol. The highest BCUT2D eigenvalue weighted by Crippen LogP contribution is 2.33. The summed E-state index contributed by atoms with van der Waals surface area (Å²) in [6.45, 7) is 2.89. The predicted molar refractivity (Wildman–Crippen MR) is 101 cm³/mol. The van der Waals surface area contributed by atoms with E-state index in [0.29, 0.717) is 42.0 Å². The molecule has 1 amide bonds. The first kappa shape index (κ1) is 20.1. The number of carbonyl (C=O) groups is 1. The minimum absolute atomic E-state index is 0.0201. The number of ether oxygens (including phenoxy) is 3. The van der Waals surface area contributed by atoms with Gasteiger partial charge in [0.2, 0.25) is 11.8 Å². The number of thioether (sulfide) groups is 1. The number of nitrogens with one attached hydrogen (secondary N) is 1. The topological polar surface area (TPSA) is 82.8 Å². The minimum Gasteiger partial charge on any atom is -0.493 e. The highest BCUT2D eigenvalue weighted by Gasteiger charge is 2.14. The molecule has 1 aromatic carbocycles. The first-order valence-electron chi connectivity index (χ1n) is 8.11. The molecule has 0 aliphatic heterocycles. The van der Waals surface area contributed by atoms with Crippen LogP contribution >= 0.6 is 11.8 Å². The van der Waals surface area contributed by atoms with Crippen LogP contribution in [0, 0.1) is 6.92 Å². The molecule has 1 aromatic heterocycles. The third kappa shape index (κ3) is 5.40. The number of aryl methyl sites for hydroxylation is 1. The molecule has 0 aliphatic carbocycles. The van der Waals surface area contributed by atoms with Crippen LogP contribution in [0.4, 0.5) is 0 Å². The van der Waals surface area contributed by atoms with Crippen molar-refractivity contribution in [3.63, 3.8) is 0 Å². The van der Waals surface area contributed by atoms with Gasteiger partial charge in [-0.2, -0.15) is 0 Å². The van der Waals surface area contributed by atoms with E-state index in [2.05, 4.69) is 10.3 Å². The van der Waals surface area contributed by atoms with Gasteiger partial charge in [0.1, 0.15) is 5.76 Å². The first-order chi connectivity index (χ1) is 12.6. The third-order valence-corrected chi connectivity index (χ3v) is 4.57. The van der Waals surface area contributed by atoms with Crippen LogP contribution in [-0.2, 0) is 15.3 Å². The lowest BCUT2D eigenvalue weighted by Crippen LogP contribution is -2.28. The molecule has 2 rings (SSSR count). The van der Waals surface area contributed by atoms with Crippen LogP contribution in [0.15, 0.2) is 22.6 Å². The fourth-order valence-corrected chi connectivity index (χ4v) is 3.09. The molecular weight excluding hydrogens is 356 g/mol. The first-order valence-corrected chi connectivity index (χ1v) is 9.26. The van der Waals surface area contributed by atoms with Gasteiger partial charge in [-0.05, 0) is 25.1 Å². The van der Waals surface area contributed by atoms with Crippen molar-refractivity contribution in [1.29, 1.82) is 0 Å². The summed E-state index contributed by atoms with van der Waals surface area (Å²) < 4.78 is 21.2. The van der Waals surface area contributed by atoms with E-state index in [4.69, 9.17) is 18.6 Å². The largest absolute Gasteiger partial charge is 0.493 e. The molecule has 0 saturated carbocycles. The predicted octanol–water partition coefficient (Wildman–Crippen LogP) is 2.66. The number of benzene rings is 1. The quantitative estimate of drug-likeness (QED) is 0.635. The lowest BCUT2D eigenvalue weighted by molar-refractivity contribution is -0.118. The maximum absolute atomic E-state index is 11.7. The van der Waals surface area contributed by atoms with Crippen LogP contribution in [0.1, 0.15) is 11.5 Å². The van der Waals surface area contributed by atoms with E-state index in [-0.39, 0.29) is 5.91 Å². The average Bonchev–Trinajstić information content (AvgIpc) is 3.02. The SMILES string of the molecule is COCCNC(=O)CSCc1nc(-c2ccc(OC)c(OC)c2)oc1C. The van der Waals surface area contributed by atoms with Crippen LogP contribution < -0.4 is 14.8 Å². The summed E-state index contributed by atoms with van der Waals surface area (Å²) in [6, 6.07) is 5.50. The summed E-state index contributed by atoms with van der Waals surface area (Å²) >= 11 is 1.49. The molecule has 0 spiro atoms. The van der Waals surface area contributed by atoms with E-state index < -0.39 is 0 Å². The number of methoxy groups -OCH3 is 3. The summed E-state index contributed by atoms with van der Waals surface area (Å²) in [5, 5.41) is 2.78. The fraction of sp³-hybridized carbons (Fsp3) is 0.444. The molecular formula is C18H24N2O5S. The van der Waals surface area contributed by atoms with Gasteiger partial charge in [0.05, 0.1) is 32.3 Å². The molecule has 0 unspecified atom stereocenters. The summed E-state index contributed by atoms with van der Waals surface area (Å²) in [6.07, 6.45) is 0. The highest BCUT2D eigenvalue weighted by molar-refractivity contribution is 7.99. The van der Waals surface area contributed by atoms with Crippen molar-refractivity contribution >= 4 is 17.7 Å². The number of aromatic nitrogens is 1. The Labute approximate surface area is 157 Å². The van der Waals surface area contributed by atoms with E-state index in [1.807, 2.05) is 25.1 Å². The normalized spacial score (nSPS) is 10.6. The number of carbonyl (C=O) groups excluding carboxylic acids is 1. The second kappa shape index (κ2) is 10.1. The summed E-state index contributed by atoms with van der Waals surface area (Å²) in [5.41, 5.74) is 1.63. The molecule has 26 heavy (non-hydrogen) atoms. The van der Waals surface area contributed by atoms with Crippen molar-refractivity contribution in [2.45, 2.75) is 12.7 Å².